The van der Waals surface area contributed by atoms with Gasteiger partial charge in [0.15, 0.2) is 0 Å². The standard InChI is InChI=1S/C18H17N3O2S/c1-12-16(24-18(20-12)15-8-3-4-9-19-15)11-17(22)21-13-6-5-7-14(10-13)23-2/h3-10H,11H2,1-2H3,(H,21,22). The molecule has 2 heterocycles. The maximum absolute atomic E-state index is 12.3. The number of hydrogen-bond acceptors (Lipinski definition) is 5. The number of benzene rings is 1. The van der Waals surface area contributed by atoms with Crippen molar-refractivity contribution in [3.63, 3.8) is 0 Å². The minimum atomic E-state index is -0.0810. The van der Waals surface area contributed by atoms with Crippen LogP contribution in [0.1, 0.15) is 10.6 Å². The van der Waals surface area contributed by atoms with Crippen LogP contribution in [-0.2, 0) is 11.2 Å². The van der Waals surface area contributed by atoms with Gasteiger partial charge in [-0.25, -0.2) is 4.98 Å². The number of nitrogens with one attached hydrogen (secondary N) is 1. The third kappa shape index (κ3) is 3.78. The summed E-state index contributed by atoms with van der Waals surface area (Å²) in [5.74, 6) is 0.627. The minimum absolute atomic E-state index is 0.0810. The van der Waals surface area contributed by atoms with Crippen molar-refractivity contribution in [1.29, 1.82) is 0 Å². The first-order chi connectivity index (χ1) is 11.7. The van der Waals surface area contributed by atoms with E-state index in [0.29, 0.717) is 11.4 Å². The highest BCUT2D eigenvalue weighted by molar-refractivity contribution is 7.15. The average Bonchev–Trinajstić information content (AvgIpc) is 2.96. The van der Waals surface area contributed by atoms with Crippen LogP contribution in [0.4, 0.5) is 5.69 Å². The Morgan fingerprint density at radius 1 is 1.25 bits per heavy atom. The Labute approximate surface area is 144 Å². The number of pyridine rings is 1. The molecule has 0 radical (unpaired) electrons. The first kappa shape index (κ1) is 16.1. The number of amides is 1. The number of aromatic nitrogens is 2. The number of hydrogen-bond donors (Lipinski definition) is 1. The topological polar surface area (TPSA) is 64.1 Å². The Bertz CT molecular complexity index is 846. The van der Waals surface area contributed by atoms with Gasteiger partial charge in [-0.3, -0.25) is 9.78 Å². The lowest BCUT2D eigenvalue weighted by Gasteiger charge is -2.06. The quantitative estimate of drug-likeness (QED) is 0.770. The van der Waals surface area contributed by atoms with Gasteiger partial charge in [-0.1, -0.05) is 12.1 Å². The number of rotatable bonds is 5. The van der Waals surface area contributed by atoms with Crippen LogP contribution in [0.25, 0.3) is 10.7 Å². The molecular weight excluding hydrogens is 322 g/mol. The summed E-state index contributed by atoms with van der Waals surface area (Å²) in [6, 6.07) is 13.0. The molecule has 0 unspecified atom stereocenters. The van der Waals surface area contributed by atoms with Crippen LogP contribution < -0.4 is 10.1 Å². The molecule has 24 heavy (non-hydrogen) atoms. The van der Waals surface area contributed by atoms with Crippen LogP contribution in [0.5, 0.6) is 5.75 Å². The fourth-order valence-electron chi connectivity index (χ4n) is 2.24. The second-order valence-electron chi connectivity index (χ2n) is 5.20. The van der Waals surface area contributed by atoms with Crippen LogP contribution in [0.2, 0.25) is 0 Å². The highest BCUT2D eigenvalue weighted by Gasteiger charge is 2.14. The maximum atomic E-state index is 12.3. The van der Waals surface area contributed by atoms with Crippen LogP contribution in [0.15, 0.2) is 48.7 Å². The predicted octanol–water partition coefficient (Wildman–Crippen LogP) is 3.70. The average molecular weight is 339 g/mol. The summed E-state index contributed by atoms with van der Waals surface area (Å²) < 4.78 is 5.16. The van der Waals surface area contributed by atoms with E-state index in [0.717, 1.165) is 21.3 Å². The first-order valence-corrected chi connectivity index (χ1v) is 8.29. The fraction of sp³-hybridized carbons (Fsp3) is 0.167. The molecule has 3 rings (SSSR count). The molecule has 0 fully saturated rings. The van der Waals surface area contributed by atoms with Gasteiger partial charge in [-0.2, -0.15) is 0 Å². The van der Waals surface area contributed by atoms with Gasteiger partial charge in [-0.15, -0.1) is 11.3 Å². The highest BCUT2D eigenvalue weighted by atomic mass is 32.1. The first-order valence-electron chi connectivity index (χ1n) is 7.47. The molecule has 0 atom stereocenters. The van der Waals surface area contributed by atoms with E-state index in [1.165, 1.54) is 11.3 Å². The van der Waals surface area contributed by atoms with Crippen molar-refractivity contribution in [2.75, 3.05) is 12.4 Å². The van der Waals surface area contributed by atoms with Gasteiger partial charge in [0.25, 0.3) is 0 Å². The van der Waals surface area contributed by atoms with Crippen LogP contribution in [0.3, 0.4) is 0 Å². The van der Waals surface area contributed by atoms with Gasteiger partial charge in [0.05, 0.1) is 24.9 Å². The van der Waals surface area contributed by atoms with Gasteiger partial charge in [0, 0.05) is 22.8 Å². The Kier molecular flexibility index (Phi) is 4.86. The summed E-state index contributed by atoms with van der Waals surface area (Å²) in [7, 11) is 1.60. The largest absolute Gasteiger partial charge is 0.497 e. The van der Waals surface area contributed by atoms with Gasteiger partial charge in [-0.05, 0) is 31.2 Å². The zero-order chi connectivity index (χ0) is 16.9. The normalized spacial score (nSPS) is 10.4. The van der Waals surface area contributed by atoms with Crippen molar-refractivity contribution >= 4 is 22.9 Å². The zero-order valence-corrected chi connectivity index (χ0v) is 14.3. The molecule has 0 aliphatic heterocycles. The van der Waals surface area contributed by atoms with E-state index in [-0.39, 0.29) is 12.3 Å². The van der Waals surface area contributed by atoms with E-state index in [1.807, 2.05) is 43.3 Å². The molecule has 0 saturated carbocycles. The van der Waals surface area contributed by atoms with Crippen LogP contribution in [0, 0.1) is 6.92 Å². The molecule has 0 aliphatic carbocycles. The Balaban J connectivity index is 1.71. The molecule has 5 nitrogen and oxygen atoms in total. The molecule has 1 aromatic carbocycles. The summed E-state index contributed by atoms with van der Waals surface area (Å²) in [6.07, 6.45) is 2.02. The third-order valence-corrected chi connectivity index (χ3v) is 4.63. The summed E-state index contributed by atoms with van der Waals surface area (Å²) >= 11 is 1.50. The Morgan fingerprint density at radius 3 is 2.88 bits per heavy atom. The number of thiazole rings is 1. The maximum Gasteiger partial charge on any atom is 0.229 e. The molecule has 1 amide bonds. The highest BCUT2D eigenvalue weighted by Crippen LogP contribution is 2.27. The Hall–Kier alpha value is -2.73. The number of ether oxygens (including phenoxy) is 1. The second kappa shape index (κ2) is 7.23. The molecular formula is C18H17N3O2S. The summed E-state index contributed by atoms with van der Waals surface area (Å²) in [5.41, 5.74) is 2.40. The Morgan fingerprint density at radius 2 is 2.12 bits per heavy atom. The van der Waals surface area contributed by atoms with Crippen molar-refractivity contribution in [1.82, 2.24) is 9.97 Å². The van der Waals surface area contributed by atoms with Crippen molar-refractivity contribution in [3.8, 4) is 16.5 Å². The summed E-state index contributed by atoms with van der Waals surface area (Å²) in [6.45, 7) is 1.91. The molecule has 0 aliphatic rings. The van der Waals surface area contributed by atoms with E-state index < -0.39 is 0 Å². The van der Waals surface area contributed by atoms with E-state index in [4.69, 9.17) is 4.74 Å². The molecule has 0 spiro atoms. The van der Waals surface area contributed by atoms with E-state index in [9.17, 15) is 4.79 Å². The predicted molar refractivity (Wildman–Crippen MR) is 95.4 cm³/mol. The summed E-state index contributed by atoms with van der Waals surface area (Å²) in [5, 5.41) is 3.72. The monoisotopic (exact) mass is 339 g/mol. The van der Waals surface area contributed by atoms with E-state index >= 15 is 0 Å². The van der Waals surface area contributed by atoms with Gasteiger partial charge in [0.1, 0.15) is 10.8 Å². The van der Waals surface area contributed by atoms with Crippen molar-refractivity contribution in [2.45, 2.75) is 13.3 Å². The lowest BCUT2D eigenvalue weighted by atomic mass is 10.2. The van der Waals surface area contributed by atoms with Crippen molar-refractivity contribution in [3.05, 3.63) is 59.2 Å². The number of anilines is 1. The molecule has 0 bridgehead atoms. The van der Waals surface area contributed by atoms with Crippen LogP contribution in [-0.4, -0.2) is 23.0 Å². The van der Waals surface area contributed by atoms with Crippen molar-refractivity contribution < 1.29 is 9.53 Å². The molecule has 3 aromatic rings. The van der Waals surface area contributed by atoms with Gasteiger partial charge in [0.2, 0.25) is 5.91 Å². The smallest absolute Gasteiger partial charge is 0.229 e. The third-order valence-electron chi connectivity index (χ3n) is 3.45. The molecule has 6 heteroatoms. The lowest BCUT2D eigenvalue weighted by molar-refractivity contribution is -0.115. The number of methoxy groups -OCH3 is 1. The molecule has 0 saturated heterocycles. The van der Waals surface area contributed by atoms with E-state index in [1.54, 1.807) is 19.4 Å². The minimum Gasteiger partial charge on any atom is -0.497 e. The molecule has 1 N–H and O–H groups in total. The van der Waals surface area contributed by atoms with Crippen molar-refractivity contribution in [2.24, 2.45) is 0 Å². The zero-order valence-electron chi connectivity index (χ0n) is 13.4. The van der Waals surface area contributed by atoms with Gasteiger partial charge < -0.3 is 10.1 Å². The fourth-order valence-corrected chi connectivity index (χ4v) is 3.28. The van der Waals surface area contributed by atoms with Gasteiger partial charge >= 0.3 is 0 Å². The van der Waals surface area contributed by atoms with Crippen LogP contribution >= 0.6 is 11.3 Å². The molecule has 2 aromatic heterocycles. The molecule has 122 valence electrons. The summed E-state index contributed by atoms with van der Waals surface area (Å²) in [4.78, 5) is 22.1. The second-order valence-corrected chi connectivity index (χ2v) is 6.28. The lowest BCUT2D eigenvalue weighted by Crippen LogP contribution is -2.14. The van der Waals surface area contributed by atoms with E-state index in [2.05, 4.69) is 15.3 Å². The number of carbonyl (C=O) groups excluding carboxylic acids is 1. The number of aryl methyl sites for hydroxylation is 1. The SMILES string of the molecule is COc1cccc(NC(=O)Cc2sc(-c3ccccn3)nc2C)c1. The number of nitrogens with zero attached hydrogens (tertiary/aromatic N) is 2. The number of carbonyl (C=O) groups is 1.